The average molecular weight is 509 g/mol. The lowest BCUT2D eigenvalue weighted by molar-refractivity contribution is 0.0953. The number of carbonyl (C=O) groups is 1. The normalized spacial score (nSPS) is 11.5. The summed E-state index contributed by atoms with van der Waals surface area (Å²) >= 11 is 0. The van der Waals surface area contributed by atoms with Crippen molar-refractivity contribution >= 4 is 15.9 Å². The Hall–Kier alpha value is -3.07. The van der Waals surface area contributed by atoms with Gasteiger partial charge in [0.1, 0.15) is 0 Å². The number of benzene rings is 2. The van der Waals surface area contributed by atoms with Crippen LogP contribution in [0.2, 0.25) is 0 Å². The SMILES string of the molecule is CCCc1cccc(CNCCCNC(=O)c2ccc(S(=O)(=O)N(C)CCc3ccccn3)cc2)c1. The summed E-state index contributed by atoms with van der Waals surface area (Å²) in [5.74, 6) is -0.213. The first-order chi connectivity index (χ1) is 17.4. The molecule has 0 atom stereocenters. The quantitative estimate of drug-likeness (QED) is 0.323. The van der Waals surface area contributed by atoms with E-state index in [0.717, 1.165) is 38.0 Å². The molecule has 8 heteroatoms. The van der Waals surface area contributed by atoms with E-state index >= 15 is 0 Å². The number of pyridine rings is 1. The maximum absolute atomic E-state index is 12.9. The highest BCUT2D eigenvalue weighted by Crippen LogP contribution is 2.16. The highest BCUT2D eigenvalue weighted by Gasteiger charge is 2.21. The number of rotatable bonds is 14. The molecule has 7 nitrogen and oxygen atoms in total. The van der Waals surface area contributed by atoms with Crippen molar-refractivity contribution in [1.29, 1.82) is 0 Å². The molecule has 0 saturated heterocycles. The van der Waals surface area contributed by atoms with E-state index in [1.807, 2.05) is 18.2 Å². The van der Waals surface area contributed by atoms with Gasteiger partial charge < -0.3 is 10.6 Å². The van der Waals surface area contributed by atoms with Crippen LogP contribution in [0.4, 0.5) is 0 Å². The van der Waals surface area contributed by atoms with Crippen molar-refractivity contribution in [3.05, 3.63) is 95.3 Å². The molecule has 0 radical (unpaired) electrons. The van der Waals surface area contributed by atoms with Crippen LogP contribution in [0.1, 0.15) is 46.9 Å². The molecule has 3 aromatic rings. The number of aromatic nitrogens is 1. The van der Waals surface area contributed by atoms with Gasteiger partial charge in [-0.15, -0.1) is 0 Å². The van der Waals surface area contributed by atoms with Crippen molar-refractivity contribution in [1.82, 2.24) is 19.9 Å². The van der Waals surface area contributed by atoms with Gasteiger partial charge in [0, 0.05) is 50.6 Å². The maximum Gasteiger partial charge on any atom is 0.251 e. The van der Waals surface area contributed by atoms with Gasteiger partial charge in [0.25, 0.3) is 5.91 Å². The fourth-order valence-corrected chi connectivity index (χ4v) is 5.00. The van der Waals surface area contributed by atoms with Crippen LogP contribution in [0.5, 0.6) is 0 Å². The van der Waals surface area contributed by atoms with Gasteiger partial charge in [-0.1, -0.05) is 43.7 Å². The minimum Gasteiger partial charge on any atom is -0.352 e. The lowest BCUT2D eigenvalue weighted by Gasteiger charge is -2.17. The summed E-state index contributed by atoms with van der Waals surface area (Å²) in [6, 6.07) is 20.3. The van der Waals surface area contributed by atoms with Crippen LogP contribution in [-0.2, 0) is 29.4 Å². The predicted molar refractivity (Wildman–Crippen MR) is 143 cm³/mol. The Bertz CT molecular complexity index is 1200. The van der Waals surface area contributed by atoms with E-state index < -0.39 is 10.0 Å². The molecule has 0 saturated carbocycles. The largest absolute Gasteiger partial charge is 0.352 e. The van der Waals surface area contributed by atoms with Gasteiger partial charge in [-0.25, -0.2) is 12.7 Å². The second-order valence-electron chi connectivity index (χ2n) is 8.78. The van der Waals surface area contributed by atoms with Crippen molar-refractivity contribution in [3.8, 4) is 0 Å². The van der Waals surface area contributed by atoms with Crippen molar-refractivity contribution in [2.75, 3.05) is 26.7 Å². The topological polar surface area (TPSA) is 91.4 Å². The first kappa shape index (κ1) is 27.5. The molecule has 36 heavy (non-hydrogen) atoms. The van der Waals surface area contributed by atoms with E-state index in [-0.39, 0.29) is 10.8 Å². The zero-order valence-corrected chi connectivity index (χ0v) is 21.9. The maximum atomic E-state index is 12.9. The van der Waals surface area contributed by atoms with Gasteiger partial charge in [-0.05, 0) is 66.9 Å². The first-order valence-electron chi connectivity index (χ1n) is 12.4. The summed E-state index contributed by atoms with van der Waals surface area (Å²) < 4.78 is 27.0. The zero-order valence-electron chi connectivity index (χ0n) is 21.1. The molecule has 192 valence electrons. The molecular weight excluding hydrogens is 472 g/mol. The van der Waals surface area contributed by atoms with Gasteiger partial charge >= 0.3 is 0 Å². The van der Waals surface area contributed by atoms with Gasteiger partial charge in [0.05, 0.1) is 4.90 Å². The van der Waals surface area contributed by atoms with E-state index in [1.165, 1.54) is 27.6 Å². The van der Waals surface area contributed by atoms with E-state index in [1.54, 1.807) is 25.4 Å². The van der Waals surface area contributed by atoms with Gasteiger partial charge in [-0.2, -0.15) is 0 Å². The molecule has 1 amide bonds. The Kier molecular flexibility index (Phi) is 10.6. The third kappa shape index (κ3) is 8.26. The molecule has 0 fully saturated rings. The number of amides is 1. The summed E-state index contributed by atoms with van der Waals surface area (Å²) in [4.78, 5) is 16.8. The van der Waals surface area contributed by atoms with Crippen molar-refractivity contribution in [2.45, 2.75) is 44.0 Å². The monoisotopic (exact) mass is 508 g/mol. The second-order valence-corrected chi connectivity index (χ2v) is 10.8. The second kappa shape index (κ2) is 13.9. The van der Waals surface area contributed by atoms with Crippen LogP contribution in [0.25, 0.3) is 0 Å². The van der Waals surface area contributed by atoms with Crippen molar-refractivity contribution in [3.63, 3.8) is 0 Å². The Balaban J connectivity index is 1.40. The van der Waals surface area contributed by atoms with E-state index in [0.29, 0.717) is 25.1 Å². The number of nitrogens with one attached hydrogen (secondary N) is 2. The van der Waals surface area contributed by atoms with Gasteiger partial charge in [0.15, 0.2) is 0 Å². The van der Waals surface area contributed by atoms with Crippen LogP contribution >= 0.6 is 0 Å². The highest BCUT2D eigenvalue weighted by atomic mass is 32.2. The summed E-state index contributed by atoms with van der Waals surface area (Å²) in [6.45, 7) is 4.64. The average Bonchev–Trinajstić information content (AvgIpc) is 2.90. The van der Waals surface area contributed by atoms with Crippen LogP contribution in [0, 0.1) is 0 Å². The lowest BCUT2D eigenvalue weighted by Crippen LogP contribution is -2.29. The summed E-state index contributed by atoms with van der Waals surface area (Å²) in [7, 11) is -2.09. The molecule has 0 bridgehead atoms. The summed E-state index contributed by atoms with van der Waals surface area (Å²) in [6.07, 6.45) is 5.25. The van der Waals surface area contributed by atoms with Crippen LogP contribution in [-0.4, -0.2) is 50.3 Å². The standard InChI is InChI=1S/C28H36N4O3S/c1-3-8-23-9-6-10-24(21-23)22-29-17-7-19-31-28(33)25-12-14-27(15-13-25)36(34,35)32(2)20-16-26-11-4-5-18-30-26/h4-6,9-15,18,21,29H,3,7-8,16-17,19-20,22H2,1-2H3,(H,31,33). The number of nitrogens with zero attached hydrogens (tertiary/aromatic N) is 2. The minimum absolute atomic E-state index is 0.162. The van der Waals surface area contributed by atoms with E-state index in [9.17, 15) is 13.2 Å². The van der Waals surface area contributed by atoms with Crippen molar-refractivity contribution in [2.24, 2.45) is 0 Å². The number of likely N-dealkylation sites (N-methyl/N-ethyl adjacent to an activating group) is 1. The summed E-state index contributed by atoms with van der Waals surface area (Å²) in [5.41, 5.74) is 3.90. The molecule has 1 heterocycles. The van der Waals surface area contributed by atoms with Crippen molar-refractivity contribution < 1.29 is 13.2 Å². The van der Waals surface area contributed by atoms with E-state index in [2.05, 4.69) is 46.8 Å². The van der Waals surface area contributed by atoms with Gasteiger partial charge in [-0.3, -0.25) is 9.78 Å². The molecule has 1 aromatic heterocycles. The fraction of sp³-hybridized carbons (Fsp3) is 0.357. The number of aryl methyl sites for hydroxylation is 1. The molecule has 2 aromatic carbocycles. The Labute approximate surface area is 215 Å². The molecule has 0 spiro atoms. The molecule has 0 aliphatic heterocycles. The molecular formula is C28H36N4O3S. The lowest BCUT2D eigenvalue weighted by atomic mass is 10.1. The van der Waals surface area contributed by atoms with E-state index in [4.69, 9.17) is 0 Å². The smallest absolute Gasteiger partial charge is 0.251 e. The van der Waals surface area contributed by atoms with Crippen LogP contribution in [0.15, 0.2) is 77.8 Å². The zero-order chi connectivity index (χ0) is 25.8. The number of hydrogen-bond acceptors (Lipinski definition) is 5. The molecule has 0 aliphatic carbocycles. The Morgan fingerprint density at radius 2 is 1.72 bits per heavy atom. The molecule has 0 aliphatic rings. The Morgan fingerprint density at radius 3 is 2.44 bits per heavy atom. The van der Waals surface area contributed by atoms with Gasteiger partial charge in [0.2, 0.25) is 10.0 Å². The third-order valence-corrected chi connectivity index (χ3v) is 7.78. The Morgan fingerprint density at radius 1 is 0.944 bits per heavy atom. The fourth-order valence-electron chi connectivity index (χ4n) is 3.83. The first-order valence-corrected chi connectivity index (χ1v) is 13.9. The highest BCUT2D eigenvalue weighted by molar-refractivity contribution is 7.89. The molecule has 0 unspecified atom stereocenters. The summed E-state index contributed by atoms with van der Waals surface area (Å²) in [5, 5.41) is 6.31. The molecule has 2 N–H and O–H groups in total. The predicted octanol–water partition coefficient (Wildman–Crippen LogP) is 3.81. The number of carbonyl (C=O) groups excluding carboxylic acids is 1. The number of hydrogen-bond donors (Lipinski definition) is 2. The third-order valence-electron chi connectivity index (χ3n) is 5.91. The van der Waals surface area contributed by atoms with Crippen LogP contribution in [0.3, 0.4) is 0 Å². The minimum atomic E-state index is -3.64. The van der Waals surface area contributed by atoms with Crippen LogP contribution < -0.4 is 10.6 Å². The number of sulfonamides is 1. The molecule has 3 rings (SSSR count).